The Bertz CT molecular complexity index is 1020. The molecule has 146 valence electrons. The van der Waals surface area contributed by atoms with Crippen molar-refractivity contribution in [2.24, 2.45) is 5.92 Å². The number of fused-ring (bicyclic) bond motifs is 1. The lowest BCUT2D eigenvalue weighted by molar-refractivity contribution is 0.0947. The predicted molar refractivity (Wildman–Crippen MR) is 105 cm³/mol. The zero-order valence-electron chi connectivity index (χ0n) is 15.9. The van der Waals surface area contributed by atoms with Crippen LogP contribution in [0.15, 0.2) is 41.7 Å². The van der Waals surface area contributed by atoms with Gasteiger partial charge in [-0.3, -0.25) is 14.0 Å². The number of aryl methyl sites for hydroxylation is 1. The van der Waals surface area contributed by atoms with Crippen LogP contribution in [0.25, 0.3) is 5.78 Å². The minimum Gasteiger partial charge on any atom is -0.346 e. The van der Waals surface area contributed by atoms with E-state index in [1.54, 1.807) is 28.3 Å². The quantitative estimate of drug-likeness (QED) is 0.692. The van der Waals surface area contributed by atoms with E-state index in [4.69, 9.17) is 0 Å². The van der Waals surface area contributed by atoms with Crippen molar-refractivity contribution in [3.8, 4) is 0 Å². The summed E-state index contributed by atoms with van der Waals surface area (Å²) in [6, 6.07) is 3.65. The average molecular weight is 380 g/mol. The summed E-state index contributed by atoms with van der Waals surface area (Å²) in [4.78, 5) is 34.2. The number of hydrogen-bond acceptors (Lipinski definition) is 5. The van der Waals surface area contributed by atoms with Crippen molar-refractivity contribution in [2.75, 3.05) is 13.1 Å². The van der Waals surface area contributed by atoms with Gasteiger partial charge in [0.15, 0.2) is 0 Å². The number of nitrogens with zero attached hydrogens (tertiary/aromatic N) is 4. The third-order valence-corrected chi connectivity index (χ3v) is 5.17. The molecule has 1 saturated heterocycles. The maximum Gasteiger partial charge on any atom is 0.263 e. The highest BCUT2D eigenvalue weighted by atomic mass is 16.2. The molecule has 0 spiro atoms. The molecule has 8 nitrogen and oxygen atoms in total. The third-order valence-electron chi connectivity index (χ3n) is 5.17. The Kier molecular flexibility index (Phi) is 5.21. The van der Waals surface area contributed by atoms with E-state index in [2.05, 4.69) is 20.6 Å². The fraction of sp³-hybridized carbons (Fsp3) is 0.400. The van der Waals surface area contributed by atoms with Gasteiger partial charge in [-0.2, -0.15) is 0 Å². The first-order valence-electron chi connectivity index (χ1n) is 9.59. The first-order chi connectivity index (χ1) is 13.6. The normalized spacial score (nSPS) is 17.0. The van der Waals surface area contributed by atoms with Crippen molar-refractivity contribution in [3.05, 3.63) is 64.1 Å². The van der Waals surface area contributed by atoms with Crippen molar-refractivity contribution in [3.63, 3.8) is 0 Å². The molecule has 4 rings (SSSR count). The van der Waals surface area contributed by atoms with Gasteiger partial charge in [-0.25, -0.2) is 9.97 Å². The Labute approximate surface area is 162 Å². The number of piperidine rings is 1. The Morgan fingerprint density at radius 1 is 1.39 bits per heavy atom. The number of nitrogens with one attached hydrogen (secondary N) is 2. The molecule has 1 aliphatic heterocycles. The molecular weight excluding hydrogens is 356 g/mol. The van der Waals surface area contributed by atoms with Crippen LogP contribution in [0.3, 0.4) is 0 Å². The van der Waals surface area contributed by atoms with Crippen molar-refractivity contribution >= 4 is 11.7 Å². The smallest absolute Gasteiger partial charge is 0.263 e. The molecule has 0 saturated carbocycles. The molecule has 2 N–H and O–H groups in total. The molecule has 1 fully saturated rings. The second-order valence-corrected chi connectivity index (χ2v) is 7.29. The van der Waals surface area contributed by atoms with Gasteiger partial charge in [-0.15, -0.1) is 0 Å². The summed E-state index contributed by atoms with van der Waals surface area (Å²) in [5.41, 5.74) is 1.33. The monoisotopic (exact) mass is 380 g/mol. The van der Waals surface area contributed by atoms with Gasteiger partial charge in [-0.05, 0) is 56.5 Å². The molecule has 0 radical (unpaired) electrons. The van der Waals surface area contributed by atoms with Crippen molar-refractivity contribution < 1.29 is 4.79 Å². The van der Waals surface area contributed by atoms with E-state index >= 15 is 0 Å². The molecule has 1 aliphatic rings. The lowest BCUT2D eigenvalue weighted by Crippen LogP contribution is -2.37. The number of carbonyl (C=O) groups excluding carboxylic acids is 1. The predicted octanol–water partition coefficient (Wildman–Crippen LogP) is 1.13. The number of imidazole rings is 1. The van der Waals surface area contributed by atoms with E-state index in [1.165, 1.54) is 0 Å². The molecule has 4 heterocycles. The number of amides is 1. The van der Waals surface area contributed by atoms with Crippen LogP contribution in [0.1, 0.15) is 34.5 Å². The van der Waals surface area contributed by atoms with Gasteiger partial charge in [0.25, 0.3) is 11.5 Å². The van der Waals surface area contributed by atoms with E-state index in [-0.39, 0.29) is 23.6 Å². The van der Waals surface area contributed by atoms with E-state index in [1.807, 2.05) is 24.5 Å². The summed E-state index contributed by atoms with van der Waals surface area (Å²) < 4.78 is 3.45. The number of pyridine rings is 1. The molecule has 3 aromatic heterocycles. The highest BCUT2D eigenvalue weighted by molar-refractivity contribution is 5.95. The Morgan fingerprint density at radius 3 is 3.07 bits per heavy atom. The van der Waals surface area contributed by atoms with Crippen LogP contribution in [-0.2, 0) is 13.1 Å². The van der Waals surface area contributed by atoms with E-state index in [0.717, 1.165) is 25.9 Å². The fourth-order valence-corrected chi connectivity index (χ4v) is 3.67. The summed E-state index contributed by atoms with van der Waals surface area (Å²) >= 11 is 0. The Morgan fingerprint density at radius 2 is 2.29 bits per heavy atom. The van der Waals surface area contributed by atoms with Gasteiger partial charge in [0.1, 0.15) is 5.56 Å². The van der Waals surface area contributed by atoms with Crippen molar-refractivity contribution in [1.82, 2.24) is 29.6 Å². The fourth-order valence-electron chi connectivity index (χ4n) is 3.67. The SMILES string of the molecule is Cc1ccn(CC2CCCNC2)c(=O)c1C(=O)NCc1cn2cccnc2n1. The minimum atomic E-state index is -0.372. The summed E-state index contributed by atoms with van der Waals surface area (Å²) in [6.45, 7) is 4.60. The zero-order chi connectivity index (χ0) is 19.5. The maximum atomic E-state index is 12.9. The summed E-state index contributed by atoms with van der Waals surface area (Å²) in [6.07, 6.45) is 9.33. The van der Waals surface area contributed by atoms with Crippen molar-refractivity contribution in [2.45, 2.75) is 32.9 Å². The van der Waals surface area contributed by atoms with Crippen LogP contribution in [0.5, 0.6) is 0 Å². The van der Waals surface area contributed by atoms with Crippen LogP contribution in [0.4, 0.5) is 0 Å². The number of hydrogen-bond donors (Lipinski definition) is 2. The summed E-state index contributed by atoms with van der Waals surface area (Å²) in [5.74, 6) is 0.616. The Hall–Kier alpha value is -3.00. The van der Waals surface area contributed by atoms with Crippen LogP contribution < -0.4 is 16.2 Å². The van der Waals surface area contributed by atoms with E-state index in [0.29, 0.717) is 29.5 Å². The van der Waals surface area contributed by atoms with Gasteiger partial charge in [0.05, 0.1) is 12.2 Å². The van der Waals surface area contributed by atoms with Crippen LogP contribution >= 0.6 is 0 Å². The van der Waals surface area contributed by atoms with E-state index in [9.17, 15) is 9.59 Å². The van der Waals surface area contributed by atoms with Gasteiger partial charge < -0.3 is 15.2 Å². The highest BCUT2D eigenvalue weighted by Gasteiger charge is 2.19. The second-order valence-electron chi connectivity index (χ2n) is 7.29. The largest absolute Gasteiger partial charge is 0.346 e. The molecule has 0 aliphatic carbocycles. The topological polar surface area (TPSA) is 93.3 Å². The molecule has 1 unspecified atom stereocenters. The number of rotatable bonds is 5. The van der Waals surface area contributed by atoms with Gasteiger partial charge >= 0.3 is 0 Å². The molecule has 8 heteroatoms. The molecule has 0 aromatic carbocycles. The lowest BCUT2D eigenvalue weighted by atomic mass is 9.99. The molecule has 0 bridgehead atoms. The zero-order valence-corrected chi connectivity index (χ0v) is 15.9. The Balaban J connectivity index is 1.49. The number of carbonyl (C=O) groups is 1. The molecule has 1 amide bonds. The second kappa shape index (κ2) is 7.93. The van der Waals surface area contributed by atoms with Gasteiger partial charge in [0, 0.05) is 31.3 Å². The average Bonchev–Trinajstić information content (AvgIpc) is 3.12. The molecular formula is C20H24N6O2. The molecule has 1 atom stereocenters. The lowest BCUT2D eigenvalue weighted by Gasteiger charge is -2.23. The third kappa shape index (κ3) is 3.82. The molecule has 3 aromatic rings. The molecule has 28 heavy (non-hydrogen) atoms. The van der Waals surface area contributed by atoms with Gasteiger partial charge in [-0.1, -0.05) is 0 Å². The maximum absolute atomic E-state index is 12.9. The van der Waals surface area contributed by atoms with Crippen molar-refractivity contribution in [1.29, 1.82) is 0 Å². The number of aromatic nitrogens is 4. The summed E-state index contributed by atoms with van der Waals surface area (Å²) in [7, 11) is 0. The first kappa shape index (κ1) is 18.4. The van der Waals surface area contributed by atoms with Crippen LogP contribution in [-0.4, -0.2) is 37.9 Å². The van der Waals surface area contributed by atoms with Crippen LogP contribution in [0, 0.1) is 12.8 Å². The first-order valence-corrected chi connectivity index (χ1v) is 9.59. The van der Waals surface area contributed by atoms with E-state index < -0.39 is 0 Å². The van der Waals surface area contributed by atoms with Crippen LogP contribution in [0.2, 0.25) is 0 Å². The summed E-state index contributed by atoms with van der Waals surface area (Å²) in [5, 5.41) is 6.18. The standard InChI is InChI=1S/C20H24N6O2/c1-14-5-9-25(12-15-4-2-6-21-10-15)19(28)17(14)18(27)23-11-16-13-26-8-3-7-22-20(26)24-16/h3,5,7-9,13,15,21H,2,4,6,10-12H2,1H3,(H,23,27). The van der Waals surface area contributed by atoms with Gasteiger partial charge in [0.2, 0.25) is 5.78 Å². The highest BCUT2D eigenvalue weighted by Crippen LogP contribution is 2.12. The minimum absolute atomic E-state index is 0.202.